The topological polar surface area (TPSA) is 45.8 Å². The van der Waals surface area contributed by atoms with E-state index in [0.717, 1.165) is 11.3 Å². The van der Waals surface area contributed by atoms with Gasteiger partial charge in [0.2, 0.25) is 0 Å². The van der Waals surface area contributed by atoms with Gasteiger partial charge in [-0.1, -0.05) is 51.1 Å². The average Bonchev–Trinajstić information content (AvgIpc) is 2.33. The zero-order valence-corrected chi connectivity index (χ0v) is 12.9. The number of benzene rings is 1. The highest BCUT2D eigenvalue weighted by Crippen LogP contribution is 2.25. The Labute approximate surface area is 121 Å². The van der Waals surface area contributed by atoms with Crippen LogP contribution in [0.4, 0.5) is 0 Å². The molecule has 0 aliphatic rings. The predicted molar refractivity (Wildman–Crippen MR) is 80.5 cm³/mol. The second kappa shape index (κ2) is 5.29. The molecule has 2 rings (SSSR count). The van der Waals surface area contributed by atoms with Crippen molar-refractivity contribution in [1.29, 1.82) is 0 Å². The lowest BCUT2D eigenvalue weighted by atomic mass is 9.92. The number of hydrogen-bond donors (Lipinski definition) is 1. The number of rotatable bonds is 2. The highest BCUT2D eigenvalue weighted by molar-refractivity contribution is 9.10. The monoisotopic (exact) mass is 320 g/mol. The van der Waals surface area contributed by atoms with Gasteiger partial charge in [0.25, 0.3) is 5.56 Å². The van der Waals surface area contributed by atoms with Crippen LogP contribution in [0.1, 0.15) is 37.9 Å². The molecule has 0 amide bonds. The second-order valence-corrected chi connectivity index (χ2v) is 6.38. The van der Waals surface area contributed by atoms with E-state index in [4.69, 9.17) is 0 Å². The summed E-state index contributed by atoms with van der Waals surface area (Å²) in [4.78, 5) is 19.4. The van der Waals surface area contributed by atoms with Crippen LogP contribution >= 0.6 is 15.9 Å². The molecule has 1 heterocycles. The molecular weight excluding hydrogens is 304 g/mol. The van der Waals surface area contributed by atoms with E-state index in [1.807, 2.05) is 51.1 Å². The number of aromatic nitrogens is 2. The van der Waals surface area contributed by atoms with Crippen LogP contribution in [0.5, 0.6) is 0 Å². The van der Waals surface area contributed by atoms with Crippen molar-refractivity contribution < 1.29 is 0 Å². The van der Waals surface area contributed by atoms with Gasteiger partial charge in [-0.25, -0.2) is 4.98 Å². The third-order valence-electron chi connectivity index (χ3n) is 2.84. The van der Waals surface area contributed by atoms with Crippen LogP contribution in [0.2, 0.25) is 0 Å². The molecule has 2 aromatic rings. The molecule has 0 bridgehead atoms. The Morgan fingerprint density at radius 2 is 1.84 bits per heavy atom. The number of hydrogen-bond acceptors (Lipinski definition) is 2. The van der Waals surface area contributed by atoms with Crippen molar-refractivity contribution in [2.75, 3.05) is 0 Å². The van der Waals surface area contributed by atoms with Crippen LogP contribution in [0, 0.1) is 0 Å². The van der Waals surface area contributed by atoms with Crippen LogP contribution < -0.4 is 5.56 Å². The van der Waals surface area contributed by atoms with E-state index < -0.39 is 0 Å². The molecule has 0 radical (unpaired) electrons. The van der Waals surface area contributed by atoms with Gasteiger partial charge in [-0.3, -0.25) is 4.79 Å². The maximum atomic E-state index is 12.0. The highest BCUT2D eigenvalue weighted by Gasteiger charge is 2.21. The highest BCUT2D eigenvalue weighted by atomic mass is 79.9. The fourth-order valence-electron chi connectivity index (χ4n) is 1.88. The van der Waals surface area contributed by atoms with E-state index in [0.29, 0.717) is 16.7 Å². The summed E-state index contributed by atoms with van der Waals surface area (Å²) in [5, 5.41) is 0. The molecule has 0 aliphatic heterocycles. The van der Waals surface area contributed by atoms with Crippen LogP contribution in [-0.4, -0.2) is 9.97 Å². The SMILES string of the molecule is CC(C)(C)c1nc(Cc2ccccc2)[nH]c(=O)c1Br. The van der Waals surface area contributed by atoms with Gasteiger partial charge in [-0.05, 0) is 21.5 Å². The molecule has 100 valence electrons. The standard InChI is InChI=1S/C15H17BrN2O/c1-15(2,3)13-12(16)14(19)18-11(17-13)9-10-7-5-4-6-8-10/h4-8H,9H2,1-3H3,(H,17,18,19). The fraction of sp³-hybridized carbons (Fsp3) is 0.333. The fourth-order valence-corrected chi connectivity index (χ4v) is 2.66. The van der Waals surface area contributed by atoms with E-state index in [1.54, 1.807) is 0 Å². The van der Waals surface area contributed by atoms with Crippen molar-refractivity contribution in [3.05, 3.63) is 62.2 Å². The molecule has 4 heteroatoms. The van der Waals surface area contributed by atoms with Crippen molar-refractivity contribution in [2.45, 2.75) is 32.6 Å². The predicted octanol–water partition coefficient (Wildman–Crippen LogP) is 3.42. The third-order valence-corrected chi connectivity index (χ3v) is 3.57. The van der Waals surface area contributed by atoms with E-state index in [9.17, 15) is 4.79 Å². The first-order valence-corrected chi connectivity index (χ1v) is 7.00. The first kappa shape index (κ1) is 14.0. The van der Waals surface area contributed by atoms with Gasteiger partial charge in [-0.2, -0.15) is 0 Å². The van der Waals surface area contributed by atoms with Gasteiger partial charge in [0.05, 0.1) is 5.69 Å². The molecular formula is C15H17BrN2O. The maximum absolute atomic E-state index is 12.0. The van der Waals surface area contributed by atoms with Crippen LogP contribution in [0.25, 0.3) is 0 Å². The Balaban J connectivity index is 2.43. The number of aromatic amines is 1. The number of nitrogens with zero attached hydrogens (tertiary/aromatic N) is 1. The van der Waals surface area contributed by atoms with Gasteiger partial charge < -0.3 is 4.98 Å². The maximum Gasteiger partial charge on any atom is 0.265 e. The zero-order chi connectivity index (χ0) is 14.0. The van der Waals surface area contributed by atoms with Gasteiger partial charge >= 0.3 is 0 Å². The first-order valence-electron chi connectivity index (χ1n) is 6.21. The van der Waals surface area contributed by atoms with E-state index in [1.165, 1.54) is 0 Å². The minimum absolute atomic E-state index is 0.120. The van der Waals surface area contributed by atoms with Crippen LogP contribution in [-0.2, 0) is 11.8 Å². The summed E-state index contributed by atoms with van der Waals surface area (Å²) < 4.78 is 0.525. The number of nitrogens with one attached hydrogen (secondary N) is 1. The van der Waals surface area contributed by atoms with Crippen molar-refractivity contribution in [3.63, 3.8) is 0 Å². The largest absolute Gasteiger partial charge is 0.309 e. The Hall–Kier alpha value is -1.42. The first-order chi connectivity index (χ1) is 8.88. The molecule has 0 saturated carbocycles. The smallest absolute Gasteiger partial charge is 0.265 e. The van der Waals surface area contributed by atoms with Gasteiger partial charge in [-0.15, -0.1) is 0 Å². The minimum atomic E-state index is -0.168. The van der Waals surface area contributed by atoms with E-state index in [2.05, 4.69) is 25.9 Å². The Morgan fingerprint density at radius 1 is 1.21 bits per heavy atom. The second-order valence-electron chi connectivity index (χ2n) is 5.59. The lowest BCUT2D eigenvalue weighted by molar-refractivity contribution is 0.557. The molecule has 1 aromatic carbocycles. The normalized spacial score (nSPS) is 11.6. The molecule has 0 spiro atoms. The summed E-state index contributed by atoms with van der Waals surface area (Å²) in [6.07, 6.45) is 0.631. The molecule has 0 atom stereocenters. The van der Waals surface area contributed by atoms with Crippen molar-refractivity contribution in [3.8, 4) is 0 Å². The van der Waals surface area contributed by atoms with Crippen molar-refractivity contribution in [1.82, 2.24) is 9.97 Å². The van der Waals surface area contributed by atoms with Crippen LogP contribution in [0.3, 0.4) is 0 Å². The van der Waals surface area contributed by atoms with Crippen LogP contribution in [0.15, 0.2) is 39.6 Å². The quantitative estimate of drug-likeness (QED) is 0.921. The van der Waals surface area contributed by atoms with Gasteiger partial charge in [0, 0.05) is 11.8 Å². The lowest BCUT2D eigenvalue weighted by Crippen LogP contribution is -2.23. The Bertz CT molecular complexity index is 627. The van der Waals surface area contributed by atoms with Gasteiger partial charge in [0.1, 0.15) is 10.3 Å². The number of halogens is 1. The molecule has 19 heavy (non-hydrogen) atoms. The third kappa shape index (κ3) is 3.32. The minimum Gasteiger partial charge on any atom is -0.309 e. The molecule has 1 N–H and O–H groups in total. The number of H-pyrrole nitrogens is 1. The lowest BCUT2D eigenvalue weighted by Gasteiger charge is -2.19. The summed E-state index contributed by atoms with van der Waals surface area (Å²) in [7, 11) is 0. The zero-order valence-electron chi connectivity index (χ0n) is 11.3. The van der Waals surface area contributed by atoms with E-state index >= 15 is 0 Å². The van der Waals surface area contributed by atoms with E-state index in [-0.39, 0.29) is 11.0 Å². The molecule has 1 aromatic heterocycles. The molecule has 0 saturated heterocycles. The molecule has 0 unspecified atom stereocenters. The van der Waals surface area contributed by atoms with Crippen molar-refractivity contribution in [2.24, 2.45) is 0 Å². The van der Waals surface area contributed by atoms with Crippen molar-refractivity contribution >= 4 is 15.9 Å². The Morgan fingerprint density at radius 3 is 2.42 bits per heavy atom. The summed E-state index contributed by atoms with van der Waals surface area (Å²) in [5.41, 5.74) is 1.64. The summed E-state index contributed by atoms with van der Waals surface area (Å²) >= 11 is 3.33. The summed E-state index contributed by atoms with van der Waals surface area (Å²) in [6, 6.07) is 9.99. The Kier molecular flexibility index (Phi) is 3.90. The van der Waals surface area contributed by atoms with Gasteiger partial charge in [0.15, 0.2) is 0 Å². The summed E-state index contributed by atoms with van der Waals surface area (Å²) in [6.45, 7) is 6.14. The molecule has 0 fully saturated rings. The summed E-state index contributed by atoms with van der Waals surface area (Å²) in [5.74, 6) is 0.698. The molecule has 3 nitrogen and oxygen atoms in total. The average molecular weight is 321 g/mol. The molecule has 0 aliphatic carbocycles.